The molecule has 4 nitrogen and oxygen atoms in total. The van der Waals surface area contributed by atoms with Gasteiger partial charge >= 0.3 is 0 Å². The van der Waals surface area contributed by atoms with Crippen molar-refractivity contribution in [1.82, 2.24) is 10.3 Å². The molecule has 21 heavy (non-hydrogen) atoms. The molecule has 0 amide bonds. The molecule has 0 aromatic heterocycles. The number of methoxy groups -OCH3 is 1. The van der Waals surface area contributed by atoms with E-state index in [0.29, 0.717) is 18.0 Å². The summed E-state index contributed by atoms with van der Waals surface area (Å²) in [4.78, 5) is 2.54. The number of fused-ring (bicyclic) bond motifs is 2. The summed E-state index contributed by atoms with van der Waals surface area (Å²) in [5, 5.41) is 0.724. The van der Waals surface area contributed by atoms with Crippen LogP contribution in [0.15, 0.2) is 18.2 Å². The van der Waals surface area contributed by atoms with Crippen molar-refractivity contribution >= 4 is 11.6 Å². The first-order valence-corrected chi connectivity index (χ1v) is 8.03. The number of nitrogens with zero attached hydrogens (tertiary/aromatic N) is 1. The lowest BCUT2D eigenvalue weighted by Gasteiger charge is -2.40. The summed E-state index contributed by atoms with van der Waals surface area (Å²) < 4.78 is 5.50. The number of piperidine rings is 1. The van der Waals surface area contributed by atoms with Crippen LogP contribution in [0, 0.1) is 5.92 Å². The van der Waals surface area contributed by atoms with E-state index in [4.69, 9.17) is 22.2 Å². The zero-order chi connectivity index (χ0) is 15.0. The average molecular weight is 310 g/mol. The highest BCUT2D eigenvalue weighted by atomic mass is 35.5. The van der Waals surface area contributed by atoms with Crippen molar-refractivity contribution in [2.75, 3.05) is 14.2 Å². The Kier molecular flexibility index (Phi) is 4.41. The van der Waals surface area contributed by atoms with Gasteiger partial charge in [-0.15, -0.1) is 0 Å². The predicted octanol–water partition coefficient (Wildman–Crippen LogP) is 2.73. The molecular weight excluding hydrogens is 286 g/mol. The van der Waals surface area contributed by atoms with Gasteiger partial charge in [-0.3, -0.25) is 11.3 Å². The van der Waals surface area contributed by atoms with Crippen LogP contribution >= 0.6 is 11.6 Å². The van der Waals surface area contributed by atoms with Crippen molar-refractivity contribution in [2.45, 2.75) is 43.8 Å². The molecule has 0 spiro atoms. The van der Waals surface area contributed by atoms with E-state index in [1.807, 2.05) is 18.2 Å². The van der Waals surface area contributed by atoms with Gasteiger partial charge in [0.05, 0.1) is 13.2 Å². The standard InChI is InChI=1S/C16H24ClN3O/c1-20-12-4-5-13(20)8-10(7-12)16(19-18)14-9-11(17)3-6-15(14)21-2/h3,6,9-10,12-13,16,19H,4-5,7-8,18H2,1-2H3. The minimum atomic E-state index is 0.0930. The molecule has 116 valence electrons. The van der Waals surface area contributed by atoms with Gasteiger partial charge in [-0.05, 0) is 56.8 Å². The van der Waals surface area contributed by atoms with E-state index in [9.17, 15) is 0 Å². The molecular formula is C16H24ClN3O. The van der Waals surface area contributed by atoms with Crippen LogP contribution in [-0.4, -0.2) is 31.1 Å². The third kappa shape index (κ3) is 2.78. The summed E-state index contributed by atoms with van der Waals surface area (Å²) in [6, 6.07) is 7.23. The third-order valence-electron chi connectivity index (χ3n) is 5.31. The molecule has 3 N–H and O–H groups in total. The molecule has 2 bridgehead atoms. The number of hydrazine groups is 1. The molecule has 2 fully saturated rings. The van der Waals surface area contributed by atoms with Crippen LogP contribution in [0.25, 0.3) is 0 Å². The predicted molar refractivity (Wildman–Crippen MR) is 85.4 cm³/mol. The lowest BCUT2D eigenvalue weighted by molar-refractivity contribution is 0.112. The zero-order valence-corrected chi connectivity index (χ0v) is 13.4. The van der Waals surface area contributed by atoms with Gasteiger partial charge < -0.3 is 9.64 Å². The van der Waals surface area contributed by atoms with Gasteiger partial charge in [0.15, 0.2) is 0 Å². The van der Waals surface area contributed by atoms with Crippen LogP contribution in [0.5, 0.6) is 5.75 Å². The molecule has 2 saturated heterocycles. The van der Waals surface area contributed by atoms with E-state index >= 15 is 0 Å². The summed E-state index contributed by atoms with van der Waals surface area (Å²) in [6.07, 6.45) is 4.97. The monoisotopic (exact) mass is 309 g/mol. The summed E-state index contributed by atoms with van der Waals surface area (Å²) in [5.41, 5.74) is 4.09. The van der Waals surface area contributed by atoms with Crippen LogP contribution in [0.4, 0.5) is 0 Å². The van der Waals surface area contributed by atoms with Crippen LogP contribution in [-0.2, 0) is 0 Å². The number of nitrogens with two attached hydrogens (primary N) is 1. The number of ether oxygens (including phenoxy) is 1. The summed E-state index contributed by atoms with van der Waals surface area (Å²) >= 11 is 6.17. The smallest absolute Gasteiger partial charge is 0.123 e. The Morgan fingerprint density at radius 3 is 2.57 bits per heavy atom. The SMILES string of the molecule is COc1ccc(Cl)cc1C(NN)C1CC2CCC(C1)N2C. The molecule has 1 aromatic rings. The molecule has 2 aliphatic rings. The summed E-state index contributed by atoms with van der Waals surface area (Å²) in [7, 11) is 3.95. The normalized spacial score (nSPS) is 30.4. The van der Waals surface area contributed by atoms with Gasteiger partial charge in [0.2, 0.25) is 0 Å². The lowest BCUT2D eigenvalue weighted by Crippen LogP contribution is -2.45. The Balaban J connectivity index is 1.87. The minimum absolute atomic E-state index is 0.0930. The third-order valence-corrected chi connectivity index (χ3v) is 5.55. The van der Waals surface area contributed by atoms with Crippen molar-refractivity contribution < 1.29 is 4.74 Å². The molecule has 2 heterocycles. The van der Waals surface area contributed by atoms with Gasteiger partial charge in [-0.2, -0.15) is 0 Å². The molecule has 3 unspecified atom stereocenters. The lowest BCUT2D eigenvalue weighted by atomic mass is 9.82. The first-order valence-electron chi connectivity index (χ1n) is 7.65. The first kappa shape index (κ1) is 15.1. The fourth-order valence-corrected chi connectivity index (χ4v) is 4.33. The Morgan fingerprint density at radius 1 is 1.33 bits per heavy atom. The average Bonchev–Trinajstić information content (AvgIpc) is 2.70. The molecule has 1 aromatic carbocycles. The molecule has 0 saturated carbocycles. The second-order valence-electron chi connectivity index (χ2n) is 6.31. The van der Waals surface area contributed by atoms with E-state index in [0.717, 1.165) is 16.3 Å². The van der Waals surface area contributed by atoms with Crippen LogP contribution in [0.2, 0.25) is 5.02 Å². The maximum atomic E-state index is 6.17. The highest BCUT2D eigenvalue weighted by Gasteiger charge is 2.41. The Hall–Kier alpha value is -0.810. The highest BCUT2D eigenvalue weighted by molar-refractivity contribution is 6.30. The second-order valence-corrected chi connectivity index (χ2v) is 6.75. The topological polar surface area (TPSA) is 50.5 Å². The van der Waals surface area contributed by atoms with Gasteiger partial charge in [-0.25, -0.2) is 0 Å². The van der Waals surface area contributed by atoms with Crippen LogP contribution in [0.1, 0.15) is 37.3 Å². The number of hydrogen-bond donors (Lipinski definition) is 2. The number of rotatable bonds is 4. The van der Waals surface area contributed by atoms with Crippen molar-refractivity contribution in [3.05, 3.63) is 28.8 Å². The van der Waals surface area contributed by atoms with E-state index in [2.05, 4.69) is 17.4 Å². The quantitative estimate of drug-likeness (QED) is 0.663. The van der Waals surface area contributed by atoms with Crippen LogP contribution < -0.4 is 16.0 Å². The van der Waals surface area contributed by atoms with Gasteiger partial charge in [0.25, 0.3) is 0 Å². The van der Waals surface area contributed by atoms with E-state index < -0.39 is 0 Å². The molecule has 3 rings (SSSR count). The minimum Gasteiger partial charge on any atom is -0.496 e. The van der Waals surface area contributed by atoms with Gasteiger partial charge in [-0.1, -0.05) is 11.6 Å². The highest BCUT2D eigenvalue weighted by Crippen LogP contribution is 2.44. The molecule has 3 atom stereocenters. The Bertz CT molecular complexity index is 496. The largest absolute Gasteiger partial charge is 0.496 e. The van der Waals surface area contributed by atoms with Gasteiger partial charge in [0.1, 0.15) is 5.75 Å². The molecule has 0 aliphatic carbocycles. The van der Waals surface area contributed by atoms with E-state index in [1.165, 1.54) is 25.7 Å². The van der Waals surface area contributed by atoms with Gasteiger partial charge in [0, 0.05) is 22.7 Å². The zero-order valence-electron chi connectivity index (χ0n) is 12.7. The Morgan fingerprint density at radius 2 is 2.00 bits per heavy atom. The van der Waals surface area contributed by atoms with Crippen molar-refractivity contribution in [2.24, 2.45) is 11.8 Å². The summed E-state index contributed by atoms with van der Waals surface area (Å²) in [5.74, 6) is 7.27. The fourth-order valence-electron chi connectivity index (χ4n) is 4.15. The Labute approximate surface area is 131 Å². The van der Waals surface area contributed by atoms with Crippen LogP contribution in [0.3, 0.4) is 0 Å². The van der Waals surface area contributed by atoms with Crippen molar-refractivity contribution in [1.29, 1.82) is 0 Å². The molecule has 0 radical (unpaired) electrons. The number of nitrogens with one attached hydrogen (secondary N) is 1. The van der Waals surface area contributed by atoms with Crippen molar-refractivity contribution in [3.63, 3.8) is 0 Å². The summed E-state index contributed by atoms with van der Waals surface area (Å²) in [6.45, 7) is 0. The van der Waals surface area contributed by atoms with E-state index in [1.54, 1.807) is 7.11 Å². The molecule has 5 heteroatoms. The first-order chi connectivity index (χ1) is 10.1. The van der Waals surface area contributed by atoms with Crippen molar-refractivity contribution in [3.8, 4) is 5.75 Å². The van der Waals surface area contributed by atoms with E-state index in [-0.39, 0.29) is 6.04 Å². The maximum Gasteiger partial charge on any atom is 0.123 e. The molecule has 2 aliphatic heterocycles. The maximum absolute atomic E-state index is 6.17. The second kappa shape index (κ2) is 6.13. The number of hydrogen-bond acceptors (Lipinski definition) is 4. The number of halogens is 1. The number of benzene rings is 1. The fraction of sp³-hybridized carbons (Fsp3) is 0.625.